The van der Waals surface area contributed by atoms with Crippen molar-refractivity contribution < 1.29 is 0 Å². The fraction of sp³-hybridized carbons (Fsp3) is 0.0377. The molecule has 10 aromatic rings. The van der Waals surface area contributed by atoms with Gasteiger partial charge >= 0.3 is 0 Å². The third-order valence-corrected chi connectivity index (χ3v) is 11.5. The van der Waals surface area contributed by atoms with Gasteiger partial charge in [-0.05, 0) is 120 Å². The molecule has 258 valence electrons. The Morgan fingerprint density at radius 1 is 0.436 bits per heavy atom. The molecular weight excluding hydrogens is 665 g/mol. The maximum Gasteiger partial charge on any atom is 0.145 e. The van der Waals surface area contributed by atoms with Crippen LogP contribution in [0.4, 0.5) is 0 Å². The van der Waals surface area contributed by atoms with Crippen LogP contribution in [0.1, 0.15) is 17.5 Å². The topological polar surface area (TPSA) is 17.8 Å². The molecule has 2 heteroatoms. The van der Waals surface area contributed by atoms with E-state index < -0.39 is 0 Å². The maximum absolute atomic E-state index is 5.23. The second-order valence-electron chi connectivity index (χ2n) is 14.6. The molecule has 0 spiro atoms. The number of hydrogen-bond donors (Lipinski definition) is 0. The SMILES string of the molecule is C1=Cc2c(cc(-c3ccc(-c4nc5ccccc5n4-c4ccc(-c5c6ccccc6c(-c6ccccc6)c6ccccc56)cc4)cc3)c3ccccc23)CC1. The van der Waals surface area contributed by atoms with E-state index in [0.29, 0.717) is 0 Å². The first-order valence-corrected chi connectivity index (χ1v) is 19.2. The first kappa shape index (κ1) is 31.5. The van der Waals surface area contributed by atoms with Gasteiger partial charge in [0.05, 0.1) is 11.0 Å². The van der Waals surface area contributed by atoms with Crippen molar-refractivity contribution in [2.24, 2.45) is 0 Å². The van der Waals surface area contributed by atoms with E-state index in [2.05, 4.69) is 199 Å². The van der Waals surface area contributed by atoms with Crippen LogP contribution in [0.3, 0.4) is 0 Å². The quantitative estimate of drug-likeness (QED) is 0.163. The third kappa shape index (κ3) is 5.14. The minimum absolute atomic E-state index is 0.934. The Hall–Kier alpha value is -7.03. The molecule has 9 aromatic carbocycles. The zero-order chi connectivity index (χ0) is 36.3. The number of benzene rings is 9. The van der Waals surface area contributed by atoms with Crippen molar-refractivity contribution >= 4 is 49.4 Å². The van der Waals surface area contributed by atoms with Gasteiger partial charge in [-0.3, -0.25) is 4.57 Å². The Morgan fingerprint density at radius 3 is 1.64 bits per heavy atom. The van der Waals surface area contributed by atoms with E-state index >= 15 is 0 Å². The maximum atomic E-state index is 5.23. The van der Waals surface area contributed by atoms with Crippen LogP contribution in [0, 0.1) is 0 Å². The summed E-state index contributed by atoms with van der Waals surface area (Å²) in [6, 6.07) is 66.3. The fourth-order valence-corrected chi connectivity index (χ4v) is 8.95. The van der Waals surface area contributed by atoms with Crippen LogP contribution in [0.5, 0.6) is 0 Å². The van der Waals surface area contributed by atoms with Crippen molar-refractivity contribution in [2.45, 2.75) is 12.8 Å². The Labute approximate surface area is 320 Å². The molecule has 2 nitrogen and oxygen atoms in total. The lowest BCUT2D eigenvalue weighted by Gasteiger charge is -2.18. The van der Waals surface area contributed by atoms with Crippen LogP contribution in [0.15, 0.2) is 188 Å². The molecule has 0 amide bonds. The average molecular weight is 701 g/mol. The molecule has 11 rings (SSSR count). The van der Waals surface area contributed by atoms with Crippen LogP contribution in [0.2, 0.25) is 0 Å². The number of allylic oxidation sites excluding steroid dienone is 1. The van der Waals surface area contributed by atoms with Gasteiger partial charge in [-0.1, -0.05) is 164 Å². The van der Waals surface area contributed by atoms with Gasteiger partial charge in [0.1, 0.15) is 5.82 Å². The van der Waals surface area contributed by atoms with Crippen LogP contribution in [0.25, 0.3) is 99.9 Å². The standard InChI is InChI=1S/C53H36N2/c1-2-14-36(15-3-1)51-44-20-8-10-22-46(44)52(47-23-11-9-21-45(47)51)37-30-32-40(33-31-37)55-50-25-13-12-24-49(50)54-53(55)38-28-26-35(27-29-38)48-34-39-16-4-5-17-41(39)42-18-6-7-19-43(42)48/h1-3,5-15,17-34H,4,16H2. The van der Waals surface area contributed by atoms with Crippen molar-refractivity contribution in [1.82, 2.24) is 9.55 Å². The van der Waals surface area contributed by atoms with Gasteiger partial charge in [-0.15, -0.1) is 0 Å². The van der Waals surface area contributed by atoms with Gasteiger partial charge in [0.15, 0.2) is 0 Å². The Balaban J connectivity index is 1.03. The second-order valence-corrected chi connectivity index (χ2v) is 14.6. The zero-order valence-corrected chi connectivity index (χ0v) is 30.3. The minimum Gasteiger partial charge on any atom is -0.292 e. The van der Waals surface area contributed by atoms with Gasteiger partial charge in [0.2, 0.25) is 0 Å². The van der Waals surface area contributed by atoms with E-state index in [0.717, 1.165) is 41.0 Å². The number of aromatic nitrogens is 2. The first-order valence-electron chi connectivity index (χ1n) is 19.2. The molecule has 0 unspecified atom stereocenters. The number of para-hydroxylation sites is 2. The van der Waals surface area contributed by atoms with Gasteiger partial charge in [-0.2, -0.15) is 0 Å². The molecule has 1 aliphatic carbocycles. The fourth-order valence-electron chi connectivity index (χ4n) is 8.95. The number of imidazole rings is 1. The zero-order valence-electron chi connectivity index (χ0n) is 30.3. The minimum atomic E-state index is 0.934. The second kappa shape index (κ2) is 12.8. The lowest BCUT2D eigenvalue weighted by molar-refractivity contribution is 0.990. The number of nitrogens with zero attached hydrogens (tertiary/aromatic N) is 2. The van der Waals surface area contributed by atoms with Gasteiger partial charge in [0.25, 0.3) is 0 Å². The van der Waals surface area contributed by atoms with Gasteiger partial charge in [0, 0.05) is 11.3 Å². The number of hydrogen-bond acceptors (Lipinski definition) is 1. The molecule has 0 saturated heterocycles. The molecule has 0 bridgehead atoms. The molecule has 0 radical (unpaired) electrons. The summed E-state index contributed by atoms with van der Waals surface area (Å²) in [5, 5.41) is 7.65. The number of fused-ring (bicyclic) bond motifs is 6. The summed E-state index contributed by atoms with van der Waals surface area (Å²) < 4.78 is 2.31. The molecule has 1 aliphatic rings. The van der Waals surface area contributed by atoms with E-state index in [9.17, 15) is 0 Å². The van der Waals surface area contributed by atoms with Crippen molar-refractivity contribution in [3.63, 3.8) is 0 Å². The predicted molar refractivity (Wildman–Crippen MR) is 233 cm³/mol. The van der Waals surface area contributed by atoms with E-state index in [1.54, 1.807) is 0 Å². The number of rotatable bonds is 5. The highest BCUT2D eigenvalue weighted by Gasteiger charge is 2.19. The molecule has 1 aromatic heterocycles. The highest BCUT2D eigenvalue weighted by molar-refractivity contribution is 6.21. The Morgan fingerprint density at radius 2 is 0.964 bits per heavy atom. The summed E-state index contributed by atoms with van der Waals surface area (Å²) in [5.41, 5.74) is 14.5. The third-order valence-electron chi connectivity index (χ3n) is 11.5. The molecular formula is C53H36N2. The van der Waals surface area contributed by atoms with Crippen molar-refractivity contribution in [3.8, 4) is 50.5 Å². The average Bonchev–Trinajstić information content (AvgIpc) is 3.65. The van der Waals surface area contributed by atoms with E-state index in [-0.39, 0.29) is 0 Å². The molecule has 0 saturated carbocycles. The summed E-state index contributed by atoms with van der Waals surface area (Å²) in [6.45, 7) is 0. The van der Waals surface area contributed by atoms with Gasteiger partial charge < -0.3 is 0 Å². The predicted octanol–water partition coefficient (Wildman–Crippen LogP) is 14.1. The Kier molecular flexibility index (Phi) is 7.34. The number of aryl methyl sites for hydroxylation is 1. The van der Waals surface area contributed by atoms with E-state index in [1.165, 1.54) is 76.8 Å². The lowest BCUT2D eigenvalue weighted by Crippen LogP contribution is -1.98. The van der Waals surface area contributed by atoms with E-state index in [4.69, 9.17) is 4.98 Å². The summed E-state index contributed by atoms with van der Waals surface area (Å²) in [5.74, 6) is 0.934. The van der Waals surface area contributed by atoms with E-state index in [1.807, 2.05) is 0 Å². The normalized spacial score (nSPS) is 12.5. The molecule has 1 heterocycles. The largest absolute Gasteiger partial charge is 0.292 e. The van der Waals surface area contributed by atoms with Crippen LogP contribution in [-0.2, 0) is 6.42 Å². The summed E-state index contributed by atoms with van der Waals surface area (Å²) in [6.07, 6.45) is 6.78. The van der Waals surface area contributed by atoms with Crippen LogP contribution < -0.4 is 0 Å². The highest BCUT2D eigenvalue weighted by atomic mass is 15.1. The molecule has 0 N–H and O–H groups in total. The first-order chi connectivity index (χ1) is 27.3. The monoisotopic (exact) mass is 700 g/mol. The lowest BCUT2D eigenvalue weighted by atomic mass is 9.86. The summed E-state index contributed by atoms with van der Waals surface area (Å²) >= 11 is 0. The molecule has 0 atom stereocenters. The van der Waals surface area contributed by atoms with Crippen LogP contribution in [-0.4, -0.2) is 9.55 Å². The molecule has 0 aliphatic heterocycles. The van der Waals surface area contributed by atoms with Crippen molar-refractivity contribution in [1.29, 1.82) is 0 Å². The smallest absolute Gasteiger partial charge is 0.145 e. The molecule has 0 fully saturated rings. The summed E-state index contributed by atoms with van der Waals surface area (Å²) in [7, 11) is 0. The van der Waals surface area contributed by atoms with Crippen molar-refractivity contribution in [3.05, 3.63) is 199 Å². The highest BCUT2D eigenvalue weighted by Crippen LogP contribution is 2.44. The Bertz CT molecular complexity index is 3050. The van der Waals surface area contributed by atoms with Crippen LogP contribution >= 0.6 is 0 Å². The van der Waals surface area contributed by atoms with Crippen molar-refractivity contribution in [2.75, 3.05) is 0 Å². The van der Waals surface area contributed by atoms with Gasteiger partial charge in [-0.25, -0.2) is 4.98 Å². The molecule has 55 heavy (non-hydrogen) atoms. The summed E-state index contributed by atoms with van der Waals surface area (Å²) in [4.78, 5) is 5.23.